The molecule has 2 atom stereocenters. The molecule has 0 aromatic heterocycles. The molecule has 22 heavy (non-hydrogen) atoms. The molecule has 1 heterocycles. The second-order valence-corrected chi connectivity index (χ2v) is 5.71. The van der Waals surface area contributed by atoms with Crippen LogP contribution in [-0.2, 0) is 9.59 Å². The third-order valence-corrected chi connectivity index (χ3v) is 4.03. The van der Waals surface area contributed by atoms with Crippen LogP contribution in [0.5, 0.6) is 0 Å². The first-order chi connectivity index (χ1) is 10.4. The number of carbonyl (C=O) groups is 3. The van der Waals surface area contributed by atoms with Gasteiger partial charge in [0.1, 0.15) is 12.1 Å². The first kappa shape index (κ1) is 16.0. The van der Waals surface area contributed by atoms with Crippen molar-refractivity contribution >= 4 is 17.8 Å². The summed E-state index contributed by atoms with van der Waals surface area (Å²) < 4.78 is 0. The minimum absolute atomic E-state index is 0.188. The molecule has 0 bridgehead atoms. The minimum Gasteiger partial charge on any atom is -0.348 e. The van der Waals surface area contributed by atoms with E-state index in [9.17, 15) is 14.4 Å². The Morgan fingerprint density at radius 1 is 1.32 bits per heavy atom. The quantitative estimate of drug-likeness (QED) is 0.811. The molecular formula is C16H21N3O3. The van der Waals surface area contributed by atoms with E-state index in [0.29, 0.717) is 6.42 Å². The van der Waals surface area contributed by atoms with Crippen LogP contribution in [0.15, 0.2) is 30.3 Å². The summed E-state index contributed by atoms with van der Waals surface area (Å²) in [6, 6.07) is 8.80. The number of urea groups is 1. The highest BCUT2D eigenvalue weighted by Crippen LogP contribution is 2.20. The molecular weight excluding hydrogens is 282 g/mol. The van der Waals surface area contributed by atoms with Crippen molar-refractivity contribution < 1.29 is 14.4 Å². The van der Waals surface area contributed by atoms with Crippen LogP contribution in [0.3, 0.4) is 0 Å². The van der Waals surface area contributed by atoms with E-state index in [1.54, 1.807) is 6.92 Å². The summed E-state index contributed by atoms with van der Waals surface area (Å²) in [5.41, 5.74) is 0.0500. The van der Waals surface area contributed by atoms with E-state index in [1.165, 1.54) is 0 Å². The molecule has 0 aliphatic carbocycles. The van der Waals surface area contributed by atoms with Crippen LogP contribution < -0.4 is 10.6 Å². The molecule has 4 amide bonds. The molecule has 1 aromatic rings. The van der Waals surface area contributed by atoms with Gasteiger partial charge in [-0.05, 0) is 25.8 Å². The van der Waals surface area contributed by atoms with Crippen molar-refractivity contribution in [3.63, 3.8) is 0 Å². The zero-order chi connectivity index (χ0) is 16.3. The smallest absolute Gasteiger partial charge is 0.325 e. The Morgan fingerprint density at radius 2 is 1.95 bits per heavy atom. The largest absolute Gasteiger partial charge is 0.348 e. The molecule has 0 radical (unpaired) electrons. The fourth-order valence-electron chi connectivity index (χ4n) is 2.39. The van der Waals surface area contributed by atoms with Gasteiger partial charge in [-0.2, -0.15) is 0 Å². The van der Waals surface area contributed by atoms with Gasteiger partial charge < -0.3 is 10.6 Å². The summed E-state index contributed by atoms with van der Waals surface area (Å²) in [5, 5.41) is 5.42. The molecule has 0 unspecified atom stereocenters. The van der Waals surface area contributed by atoms with Crippen LogP contribution in [0.25, 0.3) is 0 Å². The second-order valence-electron chi connectivity index (χ2n) is 5.71. The molecule has 2 rings (SSSR count). The monoisotopic (exact) mass is 303 g/mol. The van der Waals surface area contributed by atoms with E-state index < -0.39 is 11.6 Å². The molecule has 0 spiro atoms. The number of nitrogens with zero attached hydrogens (tertiary/aromatic N) is 1. The average molecular weight is 303 g/mol. The van der Waals surface area contributed by atoms with Gasteiger partial charge in [0.15, 0.2) is 0 Å². The number of carbonyl (C=O) groups excluding carboxylic acids is 3. The molecule has 0 saturated carbocycles. The SMILES string of the molecule is CC[C@@]1(C)NC(=O)N(CC(=O)N[C@H](C)c2ccccc2)C1=O. The summed E-state index contributed by atoms with van der Waals surface area (Å²) >= 11 is 0. The lowest BCUT2D eigenvalue weighted by molar-refractivity contribution is -0.134. The molecule has 1 aliphatic heterocycles. The van der Waals surface area contributed by atoms with E-state index in [0.717, 1.165) is 10.5 Å². The maximum Gasteiger partial charge on any atom is 0.325 e. The molecule has 118 valence electrons. The fraction of sp³-hybridized carbons (Fsp3) is 0.438. The van der Waals surface area contributed by atoms with Crippen LogP contribution in [-0.4, -0.2) is 34.8 Å². The predicted molar refractivity (Wildman–Crippen MR) is 81.9 cm³/mol. The highest BCUT2D eigenvalue weighted by Gasteiger charge is 2.46. The molecule has 1 aliphatic rings. The lowest BCUT2D eigenvalue weighted by Gasteiger charge is -2.20. The van der Waals surface area contributed by atoms with Gasteiger partial charge >= 0.3 is 6.03 Å². The van der Waals surface area contributed by atoms with Crippen LogP contribution in [0, 0.1) is 0 Å². The zero-order valence-corrected chi connectivity index (χ0v) is 13.1. The minimum atomic E-state index is -0.914. The highest BCUT2D eigenvalue weighted by atomic mass is 16.2. The summed E-state index contributed by atoms with van der Waals surface area (Å²) in [6.45, 7) is 5.07. The lowest BCUT2D eigenvalue weighted by atomic mass is 9.99. The summed E-state index contributed by atoms with van der Waals surface area (Å²) in [6.07, 6.45) is 0.482. The Bertz CT molecular complexity index is 588. The van der Waals surface area contributed by atoms with Gasteiger partial charge in [-0.15, -0.1) is 0 Å². The summed E-state index contributed by atoms with van der Waals surface area (Å²) in [4.78, 5) is 37.1. The average Bonchev–Trinajstić information content (AvgIpc) is 2.72. The van der Waals surface area contributed by atoms with Gasteiger partial charge in [0.2, 0.25) is 5.91 Å². The molecule has 1 aromatic carbocycles. The van der Waals surface area contributed by atoms with E-state index in [-0.39, 0.29) is 24.4 Å². The van der Waals surface area contributed by atoms with Gasteiger partial charge in [-0.1, -0.05) is 37.3 Å². The van der Waals surface area contributed by atoms with Crippen molar-refractivity contribution in [1.29, 1.82) is 0 Å². The maximum absolute atomic E-state index is 12.2. The predicted octanol–water partition coefficient (Wildman–Crippen LogP) is 1.58. The van der Waals surface area contributed by atoms with Crippen molar-refractivity contribution in [2.24, 2.45) is 0 Å². The number of hydrogen-bond donors (Lipinski definition) is 2. The Morgan fingerprint density at radius 3 is 2.50 bits per heavy atom. The maximum atomic E-state index is 12.2. The van der Waals surface area contributed by atoms with Crippen molar-refractivity contribution in [2.75, 3.05) is 6.54 Å². The number of rotatable bonds is 5. The standard InChI is InChI=1S/C16H21N3O3/c1-4-16(3)14(21)19(15(22)18-16)10-13(20)17-11(2)12-8-6-5-7-9-12/h5-9,11H,4,10H2,1-3H3,(H,17,20)(H,18,22)/t11-,16-/m1/s1. The number of nitrogens with one attached hydrogen (secondary N) is 2. The summed E-state index contributed by atoms with van der Waals surface area (Å²) in [7, 11) is 0. The number of benzene rings is 1. The van der Waals surface area contributed by atoms with E-state index in [1.807, 2.05) is 44.2 Å². The Balaban J connectivity index is 1.98. The third kappa shape index (κ3) is 3.10. The first-order valence-corrected chi connectivity index (χ1v) is 7.36. The van der Waals surface area contributed by atoms with Gasteiger partial charge in [0.25, 0.3) is 5.91 Å². The number of imide groups is 1. The first-order valence-electron chi connectivity index (χ1n) is 7.36. The van der Waals surface area contributed by atoms with E-state index in [2.05, 4.69) is 10.6 Å². The third-order valence-electron chi connectivity index (χ3n) is 4.03. The number of amides is 4. The molecule has 1 fully saturated rings. The van der Waals surface area contributed by atoms with Crippen molar-refractivity contribution in [2.45, 2.75) is 38.8 Å². The van der Waals surface area contributed by atoms with Crippen molar-refractivity contribution in [3.05, 3.63) is 35.9 Å². The Labute approximate surface area is 129 Å². The van der Waals surface area contributed by atoms with Gasteiger partial charge in [-0.25, -0.2) is 4.79 Å². The van der Waals surface area contributed by atoms with Crippen LogP contribution in [0.2, 0.25) is 0 Å². The van der Waals surface area contributed by atoms with Crippen LogP contribution in [0.1, 0.15) is 38.8 Å². The normalized spacial score (nSPS) is 22.4. The molecule has 2 N–H and O–H groups in total. The second kappa shape index (κ2) is 6.17. The highest BCUT2D eigenvalue weighted by molar-refractivity contribution is 6.08. The number of hydrogen-bond acceptors (Lipinski definition) is 3. The van der Waals surface area contributed by atoms with Gasteiger partial charge in [0.05, 0.1) is 6.04 Å². The van der Waals surface area contributed by atoms with Gasteiger partial charge in [-0.3, -0.25) is 14.5 Å². The van der Waals surface area contributed by atoms with Gasteiger partial charge in [0, 0.05) is 0 Å². The zero-order valence-electron chi connectivity index (χ0n) is 13.1. The Hall–Kier alpha value is -2.37. The van der Waals surface area contributed by atoms with E-state index in [4.69, 9.17) is 0 Å². The molecule has 6 nitrogen and oxygen atoms in total. The lowest BCUT2D eigenvalue weighted by Crippen LogP contribution is -2.44. The molecule has 6 heteroatoms. The van der Waals surface area contributed by atoms with Crippen molar-refractivity contribution in [1.82, 2.24) is 15.5 Å². The fourth-order valence-corrected chi connectivity index (χ4v) is 2.39. The molecule has 1 saturated heterocycles. The Kier molecular flexibility index (Phi) is 4.49. The topological polar surface area (TPSA) is 78.5 Å². The van der Waals surface area contributed by atoms with Crippen LogP contribution in [0.4, 0.5) is 4.79 Å². The summed E-state index contributed by atoms with van der Waals surface area (Å²) in [5.74, 6) is -0.720. The van der Waals surface area contributed by atoms with E-state index >= 15 is 0 Å². The van der Waals surface area contributed by atoms with Crippen molar-refractivity contribution in [3.8, 4) is 0 Å². The van der Waals surface area contributed by atoms with Crippen LogP contribution >= 0.6 is 0 Å².